The van der Waals surface area contributed by atoms with Crippen LogP contribution < -0.4 is 15.8 Å². The van der Waals surface area contributed by atoms with Gasteiger partial charge in [-0.3, -0.25) is 0 Å². The van der Waals surface area contributed by atoms with Crippen LogP contribution in [-0.2, 0) is 11.2 Å². The Bertz CT molecular complexity index is 1250. The lowest BCUT2D eigenvalue weighted by molar-refractivity contribution is 0.00638. The van der Waals surface area contributed by atoms with Crippen molar-refractivity contribution in [2.24, 2.45) is 0 Å². The van der Waals surface area contributed by atoms with Gasteiger partial charge in [0.25, 0.3) is 0 Å². The van der Waals surface area contributed by atoms with Crippen LogP contribution in [0.2, 0.25) is 0 Å². The number of nitrogens with two attached hydrogens (primary N) is 1. The largest absolute Gasteiger partial charge is 0.491 e. The van der Waals surface area contributed by atoms with Gasteiger partial charge in [-0.2, -0.15) is 0 Å². The molecule has 41 heavy (non-hydrogen) atoms. The highest BCUT2D eigenvalue weighted by Crippen LogP contribution is 2.27. The standard InChI is InChI=1S/C32H45N5O3S/c1-32(2,3)40-31(38)27-23-41-30(36-27)25-14-16-35-29(22-25)34-15-6-4-9-20-39-28-13-12-24(21-26(28)33)11-10-19-37-17-7-5-8-18-37/h12-14,16,21-23H,4-11,15,17-20,33H2,1-3H3,(H,34,35). The normalized spacial score (nSPS) is 14.1. The molecule has 0 atom stereocenters. The first-order chi connectivity index (χ1) is 19.8. The number of benzene rings is 1. The third kappa shape index (κ3) is 10.3. The highest BCUT2D eigenvalue weighted by molar-refractivity contribution is 7.13. The number of ether oxygens (including phenoxy) is 2. The van der Waals surface area contributed by atoms with Crippen molar-refractivity contribution >= 4 is 28.8 Å². The number of pyridine rings is 1. The molecule has 0 aliphatic carbocycles. The predicted molar refractivity (Wildman–Crippen MR) is 168 cm³/mol. The lowest BCUT2D eigenvalue weighted by Gasteiger charge is -2.26. The zero-order valence-electron chi connectivity index (χ0n) is 24.8. The van der Waals surface area contributed by atoms with E-state index in [9.17, 15) is 4.79 Å². The van der Waals surface area contributed by atoms with Gasteiger partial charge in [-0.25, -0.2) is 14.8 Å². The average molecular weight is 580 g/mol. The van der Waals surface area contributed by atoms with Crippen molar-refractivity contribution in [3.8, 4) is 16.3 Å². The van der Waals surface area contributed by atoms with E-state index >= 15 is 0 Å². The van der Waals surface area contributed by atoms with Crippen molar-refractivity contribution in [3.63, 3.8) is 0 Å². The molecule has 3 heterocycles. The van der Waals surface area contributed by atoms with Gasteiger partial charge in [0.15, 0.2) is 5.69 Å². The van der Waals surface area contributed by atoms with Crippen molar-refractivity contribution in [3.05, 3.63) is 53.2 Å². The number of hydrogen-bond acceptors (Lipinski definition) is 9. The third-order valence-corrected chi connectivity index (χ3v) is 7.86. The van der Waals surface area contributed by atoms with E-state index in [1.54, 1.807) is 11.6 Å². The highest BCUT2D eigenvalue weighted by Gasteiger charge is 2.20. The fourth-order valence-corrected chi connectivity index (χ4v) is 5.65. The van der Waals surface area contributed by atoms with Gasteiger partial charge in [0.1, 0.15) is 22.2 Å². The second-order valence-electron chi connectivity index (χ2n) is 11.7. The van der Waals surface area contributed by atoms with Gasteiger partial charge in [0.2, 0.25) is 0 Å². The van der Waals surface area contributed by atoms with Crippen LogP contribution in [0.15, 0.2) is 41.9 Å². The molecular weight excluding hydrogens is 534 g/mol. The number of thiazole rings is 1. The van der Waals surface area contributed by atoms with Crippen LogP contribution in [0, 0.1) is 0 Å². The summed E-state index contributed by atoms with van der Waals surface area (Å²) >= 11 is 1.42. The molecule has 222 valence electrons. The summed E-state index contributed by atoms with van der Waals surface area (Å²) in [6.07, 6.45) is 11.0. The number of unbranched alkanes of at least 4 members (excludes halogenated alkanes) is 2. The molecule has 0 radical (unpaired) electrons. The highest BCUT2D eigenvalue weighted by atomic mass is 32.1. The van der Waals surface area contributed by atoms with E-state index in [1.807, 2.05) is 39.0 Å². The van der Waals surface area contributed by atoms with E-state index in [1.165, 1.54) is 62.2 Å². The Hall–Kier alpha value is -3.17. The Morgan fingerprint density at radius 2 is 1.90 bits per heavy atom. The number of likely N-dealkylation sites (tertiary alicyclic amines) is 1. The summed E-state index contributed by atoms with van der Waals surface area (Å²) in [7, 11) is 0. The molecule has 1 aliphatic rings. The van der Waals surface area contributed by atoms with Crippen molar-refractivity contribution < 1.29 is 14.3 Å². The topological polar surface area (TPSA) is 103 Å². The number of nitrogen functional groups attached to an aromatic ring is 1. The summed E-state index contributed by atoms with van der Waals surface area (Å²) in [4.78, 5) is 23.8. The van der Waals surface area contributed by atoms with Crippen LogP contribution in [0.4, 0.5) is 11.5 Å². The number of aryl methyl sites for hydroxylation is 1. The number of piperidine rings is 1. The molecule has 2 aromatic heterocycles. The van der Waals surface area contributed by atoms with E-state index < -0.39 is 11.6 Å². The van der Waals surface area contributed by atoms with E-state index in [0.717, 1.165) is 60.1 Å². The van der Waals surface area contributed by atoms with E-state index in [-0.39, 0.29) is 0 Å². The fraction of sp³-hybridized carbons (Fsp3) is 0.531. The molecular formula is C32H45N5O3S. The molecule has 8 nitrogen and oxygen atoms in total. The van der Waals surface area contributed by atoms with Crippen LogP contribution in [0.3, 0.4) is 0 Å². The van der Waals surface area contributed by atoms with Gasteiger partial charge in [0.05, 0.1) is 12.3 Å². The van der Waals surface area contributed by atoms with Gasteiger partial charge >= 0.3 is 5.97 Å². The number of rotatable bonds is 14. The van der Waals surface area contributed by atoms with Gasteiger partial charge in [-0.15, -0.1) is 11.3 Å². The predicted octanol–water partition coefficient (Wildman–Crippen LogP) is 6.82. The second-order valence-corrected chi connectivity index (χ2v) is 12.5. The zero-order chi connectivity index (χ0) is 29.1. The van der Waals surface area contributed by atoms with E-state index in [4.69, 9.17) is 15.2 Å². The Morgan fingerprint density at radius 1 is 1.07 bits per heavy atom. The number of nitrogens with one attached hydrogen (secondary N) is 1. The summed E-state index contributed by atoms with van der Waals surface area (Å²) in [5.41, 5.74) is 8.99. The number of hydrogen-bond donors (Lipinski definition) is 2. The van der Waals surface area contributed by atoms with Gasteiger partial charge in [0, 0.05) is 23.7 Å². The lowest BCUT2D eigenvalue weighted by Crippen LogP contribution is -2.30. The van der Waals surface area contributed by atoms with Gasteiger partial charge in [-0.1, -0.05) is 12.5 Å². The number of anilines is 2. The third-order valence-electron chi connectivity index (χ3n) is 6.97. The molecule has 9 heteroatoms. The summed E-state index contributed by atoms with van der Waals surface area (Å²) in [5.74, 6) is 1.16. The maximum atomic E-state index is 12.3. The Balaban J connectivity index is 1.12. The molecule has 1 saturated heterocycles. The van der Waals surface area contributed by atoms with E-state index in [2.05, 4.69) is 32.3 Å². The first kappa shape index (κ1) is 30.8. The van der Waals surface area contributed by atoms with Crippen molar-refractivity contribution in [2.75, 3.05) is 43.8 Å². The second kappa shape index (κ2) is 15.2. The monoisotopic (exact) mass is 579 g/mol. The smallest absolute Gasteiger partial charge is 0.358 e. The number of carbonyl (C=O) groups is 1. The SMILES string of the molecule is CC(C)(C)OC(=O)c1csc(-c2ccnc(NCCCCCOc3ccc(CCCN4CCCCC4)cc3N)c2)n1. The molecule has 1 fully saturated rings. The minimum Gasteiger partial charge on any atom is -0.491 e. The number of aromatic nitrogens is 2. The number of carbonyl (C=O) groups excluding carboxylic acids is 1. The molecule has 1 aliphatic heterocycles. The Kier molecular flexibility index (Phi) is 11.4. The van der Waals surface area contributed by atoms with Gasteiger partial charge in [-0.05, 0) is 115 Å². The molecule has 0 amide bonds. The minimum absolute atomic E-state index is 0.328. The summed E-state index contributed by atoms with van der Waals surface area (Å²) in [6, 6.07) is 10.1. The molecule has 0 unspecified atom stereocenters. The van der Waals surface area contributed by atoms with Crippen LogP contribution in [0.1, 0.15) is 81.8 Å². The van der Waals surface area contributed by atoms with Crippen molar-refractivity contribution in [1.82, 2.24) is 14.9 Å². The van der Waals surface area contributed by atoms with E-state index in [0.29, 0.717) is 12.3 Å². The van der Waals surface area contributed by atoms with Crippen molar-refractivity contribution in [2.45, 2.75) is 77.7 Å². The number of esters is 1. The molecule has 0 spiro atoms. The minimum atomic E-state index is -0.550. The lowest BCUT2D eigenvalue weighted by atomic mass is 10.1. The molecule has 0 saturated carbocycles. The number of nitrogens with zero attached hydrogens (tertiary/aromatic N) is 3. The first-order valence-electron chi connectivity index (χ1n) is 14.9. The van der Waals surface area contributed by atoms with Crippen LogP contribution in [0.25, 0.3) is 10.6 Å². The maximum absolute atomic E-state index is 12.3. The molecule has 3 N–H and O–H groups in total. The summed E-state index contributed by atoms with van der Waals surface area (Å²) < 4.78 is 11.4. The molecule has 4 rings (SSSR count). The summed E-state index contributed by atoms with van der Waals surface area (Å²) in [5, 5.41) is 5.88. The molecule has 1 aromatic carbocycles. The Morgan fingerprint density at radius 3 is 2.68 bits per heavy atom. The van der Waals surface area contributed by atoms with Crippen LogP contribution >= 0.6 is 11.3 Å². The zero-order valence-corrected chi connectivity index (χ0v) is 25.6. The first-order valence-corrected chi connectivity index (χ1v) is 15.8. The van der Waals surface area contributed by atoms with Crippen molar-refractivity contribution in [1.29, 1.82) is 0 Å². The Labute approximate surface area is 248 Å². The van der Waals surface area contributed by atoms with Crippen LogP contribution in [0.5, 0.6) is 5.75 Å². The van der Waals surface area contributed by atoms with Gasteiger partial charge < -0.3 is 25.4 Å². The fourth-order valence-electron chi connectivity index (χ4n) is 4.87. The molecule has 3 aromatic rings. The molecule has 0 bridgehead atoms. The summed E-state index contributed by atoms with van der Waals surface area (Å²) in [6.45, 7) is 10.7. The average Bonchev–Trinajstić information content (AvgIpc) is 3.44. The maximum Gasteiger partial charge on any atom is 0.358 e. The quantitative estimate of drug-likeness (QED) is 0.122. The van der Waals surface area contributed by atoms with Crippen LogP contribution in [-0.4, -0.2) is 59.2 Å².